The minimum absolute atomic E-state index is 0.628. The van der Waals surface area contributed by atoms with Crippen LogP contribution in [-0.2, 0) is 0 Å². The first-order valence-corrected chi connectivity index (χ1v) is 11.0. The maximum absolute atomic E-state index is 5.91. The molecule has 0 N–H and O–H groups in total. The van der Waals surface area contributed by atoms with E-state index in [9.17, 15) is 0 Å². The molecule has 0 radical (unpaired) electrons. The summed E-state index contributed by atoms with van der Waals surface area (Å²) in [6, 6.07) is 19.6. The van der Waals surface area contributed by atoms with Crippen molar-refractivity contribution in [1.29, 1.82) is 0 Å². The molecule has 0 aliphatic rings. The molecule has 0 aliphatic heterocycles. The second kappa shape index (κ2) is 9.78. The molecule has 0 spiro atoms. The minimum atomic E-state index is 0.628. The van der Waals surface area contributed by atoms with Crippen LogP contribution in [0.1, 0.15) is 12.0 Å². The molecule has 0 saturated heterocycles. The summed E-state index contributed by atoms with van der Waals surface area (Å²) in [6.45, 7) is 2.72. The molecule has 30 heavy (non-hydrogen) atoms. The van der Waals surface area contributed by atoms with Gasteiger partial charge in [0.05, 0.1) is 12.3 Å². The monoisotopic (exact) mass is 436 g/mol. The van der Waals surface area contributed by atoms with Crippen LogP contribution >= 0.6 is 23.4 Å². The number of hydrogen-bond acceptors (Lipinski definition) is 5. The van der Waals surface area contributed by atoms with E-state index in [4.69, 9.17) is 16.3 Å². The molecular formula is C23H21ClN4OS. The van der Waals surface area contributed by atoms with Crippen LogP contribution in [0.15, 0.2) is 78.2 Å². The smallest absolute Gasteiger partial charge is 0.196 e. The van der Waals surface area contributed by atoms with E-state index in [-0.39, 0.29) is 0 Å². The van der Waals surface area contributed by atoms with Gasteiger partial charge in [0.2, 0.25) is 0 Å². The highest BCUT2D eigenvalue weighted by Crippen LogP contribution is 2.29. The van der Waals surface area contributed by atoms with Crippen LogP contribution < -0.4 is 4.74 Å². The van der Waals surface area contributed by atoms with Crippen LogP contribution in [-0.4, -0.2) is 32.1 Å². The second-order valence-electron chi connectivity index (χ2n) is 6.67. The normalized spacial score (nSPS) is 10.9. The molecular weight excluding hydrogens is 416 g/mol. The predicted octanol–water partition coefficient (Wildman–Crippen LogP) is 5.85. The summed E-state index contributed by atoms with van der Waals surface area (Å²) >= 11 is 7.58. The van der Waals surface area contributed by atoms with Crippen molar-refractivity contribution in [3.8, 4) is 22.8 Å². The lowest BCUT2D eigenvalue weighted by Gasteiger charge is -2.12. The van der Waals surface area contributed by atoms with E-state index in [2.05, 4.69) is 38.8 Å². The number of aryl methyl sites for hydroxylation is 1. The van der Waals surface area contributed by atoms with Crippen molar-refractivity contribution < 1.29 is 4.74 Å². The van der Waals surface area contributed by atoms with Crippen LogP contribution in [0, 0.1) is 6.92 Å². The van der Waals surface area contributed by atoms with Gasteiger partial charge >= 0.3 is 0 Å². The minimum Gasteiger partial charge on any atom is -0.494 e. The lowest BCUT2D eigenvalue weighted by Crippen LogP contribution is -2.03. The SMILES string of the molecule is Cc1ccccc1-n1c(SCCCOc2ccc(Cl)cc2)nnc1-c1cccnc1. The first kappa shape index (κ1) is 20.4. The quantitative estimate of drug-likeness (QED) is 0.256. The van der Waals surface area contributed by atoms with Gasteiger partial charge in [-0.2, -0.15) is 0 Å². The van der Waals surface area contributed by atoms with Gasteiger partial charge in [0, 0.05) is 28.7 Å². The Labute approximate surface area is 185 Å². The van der Waals surface area contributed by atoms with Gasteiger partial charge in [0.1, 0.15) is 5.75 Å². The summed E-state index contributed by atoms with van der Waals surface area (Å²) < 4.78 is 7.89. The number of halogens is 1. The zero-order valence-corrected chi connectivity index (χ0v) is 18.1. The summed E-state index contributed by atoms with van der Waals surface area (Å²) in [5.74, 6) is 2.48. The highest BCUT2D eigenvalue weighted by atomic mass is 35.5. The van der Waals surface area contributed by atoms with Gasteiger partial charge in [-0.3, -0.25) is 9.55 Å². The highest BCUT2D eigenvalue weighted by Gasteiger charge is 2.17. The number of pyridine rings is 1. The van der Waals surface area contributed by atoms with Crippen molar-refractivity contribution in [3.63, 3.8) is 0 Å². The van der Waals surface area contributed by atoms with Gasteiger partial charge in [-0.05, 0) is 61.4 Å². The van der Waals surface area contributed by atoms with Gasteiger partial charge in [-0.15, -0.1) is 10.2 Å². The topological polar surface area (TPSA) is 52.8 Å². The van der Waals surface area contributed by atoms with Crippen LogP contribution in [0.5, 0.6) is 5.75 Å². The molecule has 0 unspecified atom stereocenters. The van der Waals surface area contributed by atoms with E-state index in [1.165, 1.54) is 0 Å². The Kier molecular flexibility index (Phi) is 6.67. The molecule has 0 amide bonds. The van der Waals surface area contributed by atoms with Crippen molar-refractivity contribution in [3.05, 3.63) is 83.6 Å². The Bertz CT molecular complexity index is 1100. The predicted molar refractivity (Wildman–Crippen MR) is 122 cm³/mol. The van der Waals surface area contributed by atoms with Crippen LogP contribution in [0.4, 0.5) is 0 Å². The second-order valence-corrected chi connectivity index (χ2v) is 8.17. The molecule has 0 bridgehead atoms. The van der Waals surface area contributed by atoms with E-state index in [1.54, 1.807) is 18.0 Å². The molecule has 5 nitrogen and oxygen atoms in total. The summed E-state index contributed by atoms with van der Waals surface area (Å²) in [6.07, 6.45) is 4.46. The summed E-state index contributed by atoms with van der Waals surface area (Å²) in [7, 11) is 0. The fourth-order valence-electron chi connectivity index (χ4n) is 3.02. The number of rotatable bonds is 8. The molecule has 2 heterocycles. The average Bonchev–Trinajstić information content (AvgIpc) is 3.19. The van der Waals surface area contributed by atoms with Gasteiger partial charge in [0.25, 0.3) is 0 Å². The molecule has 0 atom stereocenters. The largest absolute Gasteiger partial charge is 0.494 e. The lowest BCUT2D eigenvalue weighted by atomic mass is 10.2. The van der Waals surface area contributed by atoms with Gasteiger partial charge in [-0.1, -0.05) is 41.6 Å². The molecule has 2 aromatic carbocycles. The van der Waals surface area contributed by atoms with Crippen molar-refractivity contribution in [2.24, 2.45) is 0 Å². The molecule has 4 rings (SSSR count). The van der Waals surface area contributed by atoms with E-state index < -0.39 is 0 Å². The molecule has 0 saturated carbocycles. The Morgan fingerprint density at radius 2 is 1.83 bits per heavy atom. The average molecular weight is 437 g/mol. The summed E-state index contributed by atoms with van der Waals surface area (Å²) in [5.41, 5.74) is 3.17. The van der Waals surface area contributed by atoms with Crippen molar-refractivity contribution in [2.45, 2.75) is 18.5 Å². The molecule has 2 aromatic heterocycles. The third-order valence-electron chi connectivity index (χ3n) is 4.51. The summed E-state index contributed by atoms with van der Waals surface area (Å²) in [4.78, 5) is 4.24. The Morgan fingerprint density at radius 1 is 1.00 bits per heavy atom. The number of benzene rings is 2. The van der Waals surface area contributed by atoms with E-state index in [0.717, 1.165) is 45.7 Å². The number of hydrogen-bond donors (Lipinski definition) is 0. The number of thioether (sulfide) groups is 1. The highest BCUT2D eigenvalue weighted by molar-refractivity contribution is 7.99. The number of para-hydroxylation sites is 1. The fraction of sp³-hybridized carbons (Fsp3) is 0.174. The van der Waals surface area contributed by atoms with Gasteiger partial charge in [-0.25, -0.2) is 0 Å². The van der Waals surface area contributed by atoms with Gasteiger partial charge in [0.15, 0.2) is 11.0 Å². The maximum Gasteiger partial charge on any atom is 0.196 e. The zero-order valence-electron chi connectivity index (χ0n) is 16.5. The van der Waals surface area contributed by atoms with E-state index in [0.29, 0.717) is 11.6 Å². The molecule has 7 heteroatoms. The zero-order chi connectivity index (χ0) is 20.8. The van der Waals surface area contributed by atoms with Crippen molar-refractivity contribution in [1.82, 2.24) is 19.7 Å². The Hall–Kier alpha value is -2.83. The molecule has 152 valence electrons. The Morgan fingerprint density at radius 3 is 2.60 bits per heavy atom. The van der Waals surface area contributed by atoms with Crippen molar-refractivity contribution in [2.75, 3.05) is 12.4 Å². The maximum atomic E-state index is 5.91. The number of ether oxygens (including phenoxy) is 1. The van der Waals surface area contributed by atoms with Crippen LogP contribution in [0.3, 0.4) is 0 Å². The van der Waals surface area contributed by atoms with E-state index >= 15 is 0 Å². The lowest BCUT2D eigenvalue weighted by molar-refractivity contribution is 0.318. The molecule has 4 aromatic rings. The van der Waals surface area contributed by atoms with Crippen LogP contribution in [0.2, 0.25) is 5.02 Å². The van der Waals surface area contributed by atoms with E-state index in [1.807, 2.05) is 54.7 Å². The van der Waals surface area contributed by atoms with Crippen molar-refractivity contribution >= 4 is 23.4 Å². The first-order valence-electron chi connectivity index (χ1n) is 9.65. The molecule has 0 fully saturated rings. The van der Waals surface area contributed by atoms with Crippen LogP contribution in [0.25, 0.3) is 17.1 Å². The third-order valence-corrected chi connectivity index (χ3v) is 5.78. The first-order chi connectivity index (χ1) is 14.7. The number of aromatic nitrogens is 4. The molecule has 0 aliphatic carbocycles. The number of nitrogens with zero attached hydrogens (tertiary/aromatic N) is 4. The summed E-state index contributed by atoms with van der Waals surface area (Å²) in [5, 5.41) is 10.5. The standard InChI is InChI=1S/C23H21ClN4OS/c1-17-6-2-3-8-21(17)28-22(18-7-4-13-25-16-18)26-27-23(28)30-15-5-14-29-20-11-9-19(24)10-12-20/h2-4,6-13,16H,5,14-15H2,1H3. The van der Waals surface area contributed by atoms with Gasteiger partial charge < -0.3 is 4.74 Å². The fourth-order valence-corrected chi connectivity index (χ4v) is 4.00. The Balaban J connectivity index is 1.48. The third kappa shape index (κ3) is 4.83.